The molecule has 0 atom stereocenters. The third kappa shape index (κ3) is 4.55. The van der Waals surface area contributed by atoms with Crippen molar-refractivity contribution in [2.75, 3.05) is 18.5 Å². The van der Waals surface area contributed by atoms with Gasteiger partial charge in [-0.25, -0.2) is 9.78 Å². The van der Waals surface area contributed by atoms with E-state index >= 15 is 0 Å². The van der Waals surface area contributed by atoms with Crippen LogP contribution < -0.4 is 10.1 Å². The molecular weight excluding hydrogens is 354 g/mol. The molecule has 1 amide bonds. The lowest BCUT2D eigenvalue weighted by molar-refractivity contribution is -0.149. The van der Waals surface area contributed by atoms with Gasteiger partial charge in [-0.15, -0.1) is 0 Å². The summed E-state index contributed by atoms with van der Waals surface area (Å²) in [6.45, 7) is -0.758. The van der Waals surface area contributed by atoms with Gasteiger partial charge in [-0.2, -0.15) is 5.26 Å². The molecule has 0 saturated carbocycles. The average Bonchev–Trinajstić information content (AvgIpc) is 3.07. The molecule has 0 aliphatic rings. The van der Waals surface area contributed by atoms with E-state index in [1.807, 2.05) is 30.3 Å². The van der Waals surface area contributed by atoms with Crippen molar-refractivity contribution in [2.45, 2.75) is 0 Å². The molecule has 0 aliphatic heterocycles. The highest BCUT2D eigenvalue weighted by Crippen LogP contribution is 2.25. The number of nitrogens with zero attached hydrogens (tertiary/aromatic N) is 2. The van der Waals surface area contributed by atoms with Crippen LogP contribution in [0.5, 0.6) is 5.75 Å². The molecule has 8 heteroatoms. The van der Waals surface area contributed by atoms with Gasteiger partial charge >= 0.3 is 5.97 Å². The zero-order valence-corrected chi connectivity index (χ0v) is 14.3. The quantitative estimate of drug-likeness (QED) is 0.672. The minimum atomic E-state index is -0.672. The van der Waals surface area contributed by atoms with Crippen LogP contribution in [0.1, 0.15) is 5.56 Å². The first-order valence-electron chi connectivity index (χ1n) is 7.58. The molecule has 0 unspecified atom stereocenters. The number of amides is 1. The number of nitrogens with one attached hydrogen (secondary N) is 1. The molecule has 3 rings (SSSR count). The number of carbonyl (C=O) groups is 2. The Labute approximate surface area is 152 Å². The maximum absolute atomic E-state index is 11.8. The lowest BCUT2D eigenvalue weighted by Gasteiger charge is -2.06. The maximum atomic E-state index is 11.8. The molecule has 0 aliphatic carbocycles. The molecule has 0 saturated heterocycles. The van der Waals surface area contributed by atoms with Crippen molar-refractivity contribution >= 4 is 38.6 Å². The lowest BCUT2D eigenvalue weighted by atomic mass is 10.2. The van der Waals surface area contributed by atoms with Crippen LogP contribution in [0.4, 0.5) is 5.13 Å². The second kappa shape index (κ2) is 8.09. The second-order valence-electron chi connectivity index (χ2n) is 5.12. The van der Waals surface area contributed by atoms with Crippen molar-refractivity contribution in [3.8, 4) is 11.8 Å². The van der Waals surface area contributed by atoms with E-state index in [1.54, 1.807) is 24.3 Å². The highest BCUT2D eigenvalue weighted by molar-refractivity contribution is 7.22. The van der Waals surface area contributed by atoms with Crippen molar-refractivity contribution in [3.63, 3.8) is 0 Å². The molecule has 26 heavy (non-hydrogen) atoms. The summed E-state index contributed by atoms with van der Waals surface area (Å²) in [7, 11) is 0. The monoisotopic (exact) mass is 367 g/mol. The van der Waals surface area contributed by atoms with E-state index in [0.717, 1.165) is 10.2 Å². The number of esters is 1. The summed E-state index contributed by atoms with van der Waals surface area (Å²) in [5, 5.41) is 11.7. The van der Waals surface area contributed by atoms with Crippen LogP contribution >= 0.6 is 11.3 Å². The first-order chi connectivity index (χ1) is 12.6. The first kappa shape index (κ1) is 17.4. The number of para-hydroxylation sites is 1. The number of hydrogen-bond acceptors (Lipinski definition) is 7. The van der Waals surface area contributed by atoms with Crippen LogP contribution in [0.2, 0.25) is 0 Å². The summed E-state index contributed by atoms with van der Waals surface area (Å²) in [4.78, 5) is 27.8. The van der Waals surface area contributed by atoms with Gasteiger partial charge in [-0.3, -0.25) is 10.1 Å². The van der Waals surface area contributed by atoms with Gasteiger partial charge in [0.15, 0.2) is 18.3 Å². The summed E-state index contributed by atoms with van der Waals surface area (Å²) >= 11 is 1.34. The number of benzene rings is 2. The van der Waals surface area contributed by atoms with Gasteiger partial charge in [0.1, 0.15) is 5.75 Å². The minimum absolute atomic E-state index is 0.333. The van der Waals surface area contributed by atoms with Gasteiger partial charge < -0.3 is 9.47 Å². The predicted octanol–water partition coefficient (Wildman–Crippen LogP) is 2.73. The van der Waals surface area contributed by atoms with Crippen molar-refractivity contribution in [1.29, 1.82) is 5.26 Å². The molecule has 0 fully saturated rings. The smallest absolute Gasteiger partial charge is 0.344 e. The number of nitriles is 1. The van der Waals surface area contributed by atoms with Gasteiger partial charge in [0.2, 0.25) is 0 Å². The molecule has 1 heterocycles. The predicted molar refractivity (Wildman–Crippen MR) is 95.9 cm³/mol. The fourth-order valence-corrected chi connectivity index (χ4v) is 2.92. The molecule has 1 aromatic heterocycles. The van der Waals surface area contributed by atoms with Crippen LogP contribution in [-0.4, -0.2) is 30.1 Å². The topological polar surface area (TPSA) is 101 Å². The van der Waals surface area contributed by atoms with Gasteiger partial charge in [-0.05, 0) is 36.4 Å². The van der Waals surface area contributed by atoms with E-state index in [2.05, 4.69) is 10.3 Å². The average molecular weight is 367 g/mol. The zero-order valence-electron chi connectivity index (χ0n) is 13.5. The van der Waals surface area contributed by atoms with E-state index in [4.69, 9.17) is 14.7 Å². The molecule has 0 spiro atoms. The number of thiazole rings is 1. The van der Waals surface area contributed by atoms with Crippen LogP contribution in [-0.2, 0) is 14.3 Å². The Hall–Kier alpha value is -3.44. The van der Waals surface area contributed by atoms with Gasteiger partial charge in [0, 0.05) is 0 Å². The van der Waals surface area contributed by atoms with Crippen LogP contribution in [0.25, 0.3) is 10.2 Å². The number of fused-ring (bicyclic) bond motifs is 1. The Balaban J connectivity index is 1.43. The summed E-state index contributed by atoms with van der Waals surface area (Å²) in [5.41, 5.74) is 1.28. The van der Waals surface area contributed by atoms with Gasteiger partial charge in [0.25, 0.3) is 5.91 Å². The Morgan fingerprint density at radius 3 is 2.62 bits per heavy atom. The molecule has 0 bridgehead atoms. The number of hydrogen-bond donors (Lipinski definition) is 1. The molecule has 0 radical (unpaired) electrons. The number of carbonyl (C=O) groups excluding carboxylic acids is 2. The minimum Gasteiger partial charge on any atom is -0.482 e. The highest BCUT2D eigenvalue weighted by Gasteiger charge is 2.11. The SMILES string of the molecule is N#Cc1ccc(OCC(=O)OCC(=O)Nc2nc3ccccc3s2)cc1. The summed E-state index contributed by atoms with van der Waals surface area (Å²) in [6, 6.07) is 15.8. The van der Waals surface area contributed by atoms with Crippen molar-refractivity contribution in [1.82, 2.24) is 4.98 Å². The van der Waals surface area contributed by atoms with E-state index in [9.17, 15) is 9.59 Å². The fraction of sp³-hybridized carbons (Fsp3) is 0.111. The van der Waals surface area contributed by atoms with Gasteiger partial charge in [-0.1, -0.05) is 23.5 Å². The summed E-state index contributed by atoms with van der Waals surface area (Å²) < 4.78 is 11.1. The molecule has 7 nitrogen and oxygen atoms in total. The Kier molecular flexibility index (Phi) is 5.41. The molecule has 130 valence electrons. The van der Waals surface area contributed by atoms with Gasteiger partial charge in [0.05, 0.1) is 21.8 Å². The van der Waals surface area contributed by atoms with E-state index in [0.29, 0.717) is 16.4 Å². The zero-order chi connectivity index (χ0) is 18.4. The largest absolute Gasteiger partial charge is 0.482 e. The van der Waals surface area contributed by atoms with Crippen molar-refractivity contribution in [3.05, 3.63) is 54.1 Å². The van der Waals surface area contributed by atoms with E-state index < -0.39 is 18.5 Å². The van der Waals surface area contributed by atoms with Crippen molar-refractivity contribution < 1.29 is 19.1 Å². The number of anilines is 1. The Morgan fingerprint density at radius 1 is 1.12 bits per heavy atom. The third-order valence-electron chi connectivity index (χ3n) is 3.24. The van der Waals surface area contributed by atoms with Crippen LogP contribution in [0.15, 0.2) is 48.5 Å². The second-order valence-corrected chi connectivity index (χ2v) is 6.15. The summed E-state index contributed by atoms with van der Waals surface area (Å²) in [6.07, 6.45) is 0. The molecule has 2 aromatic carbocycles. The Bertz CT molecular complexity index is 943. The number of ether oxygens (including phenoxy) is 2. The highest BCUT2D eigenvalue weighted by atomic mass is 32.1. The standard InChI is InChI=1S/C18H13N3O4S/c19-9-12-5-7-13(8-6-12)24-11-17(23)25-10-16(22)21-18-20-14-3-1-2-4-15(14)26-18/h1-8H,10-11H2,(H,20,21,22). The number of rotatable bonds is 6. The van der Waals surface area contributed by atoms with Crippen LogP contribution in [0.3, 0.4) is 0 Å². The van der Waals surface area contributed by atoms with Crippen molar-refractivity contribution in [2.24, 2.45) is 0 Å². The molecular formula is C18H13N3O4S. The molecule has 3 aromatic rings. The van der Waals surface area contributed by atoms with Crippen LogP contribution in [0, 0.1) is 11.3 Å². The molecule has 1 N–H and O–H groups in total. The Morgan fingerprint density at radius 2 is 1.88 bits per heavy atom. The maximum Gasteiger partial charge on any atom is 0.344 e. The fourth-order valence-electron chi connectivity index (χ4n) is 2.04. The van der Waals surface area contributed by atoms with E-state index in [1.165, 1.54) is 11.3 Å². The lowest BCUT2D eigenvalue weighted by Crippen LogP contribution is -2.23. The summed E-state index contributed by atoms with van der Waals surface area (Å²) in [5.74, 6) is -0.718. The normalized spacial score (nSPS) is 10.1. The third-order valence-corrected chi connectivity index (χ3v) is 4.20. The van der Waals surface area contributed by atoms with E-state index in [-0.39, 0.29) is 6.61 Å². The number of aromatic nitrogens is 1. The first-order valence-corrected chi connectivity index (χ1v) is 8.40.